The van der Waals surface area contributed by atoms with E-state index < -0.39 is 0 Å². The van der Waals surface area contributed by atoms with E-state index in [-0.39, 0.29) is 0 Å². The van der Waals surface area contributed by atoms with Crippen LogP contribution in [0.2, 0.25) is 0 Å². The van der Waals surface area contributed by atoms with Crippen LogP contribution in [0.4, 0.5) is 5.95 Å². The van der Waals surface area contributed by atoms with Crippen LogP contribution in [0.3, 0.4) is 0 Å². The van der Waals surface area contributed by atoms with E-state index in [0.717, 1.165) is 70.4 Å². The lowest BCUT2D eigenvalue weighted by molar-refractivity contribution is 0.0836. The summed E-state index contributed by atoms with van der Waals surface area (Å²) in [6, 6.07) is 0. The third kappa shape index (κ3) is 2.64. The maximum Gasteiger partial charge on any atom is 0.244 e. The monoisotopic (exact) mass is 251 g/mol. The molecule has 0 unspecified atom stereocenters. The molecule has 2 aliphatic rings. The first-order chi connectivity index (χ1) is 8.93. The first-order valence-corrected chi connectivity index (χ1v) is 6.89. The second-order valence-corrected chi connectivity index (χ2v) is 5.00. The van der Waals surface area contributed by atoms with Gasteiger partial charge in [-0.3, -0.25) is 5.10 Å². The number of anilines is 1. The minimum Gasteiger partial charge on any atom is -0.381 e. The number of H-pyrrole nitrogens is 1. The van der Waals surface area contributed by atoms with Gasteiger partial charge in [0.2, 0.25) is 5.95 Å². The van der Waals surface area contributed by atoms with Crippen LogP contribution < -0.4 is 10.2 Å². The Labute approximate surface area is 107 Å². The summed E-state index contributed by atoms with van der Waals surface area (Å²) < 4.78 is 5.38. The minimum atomic E-state index is 0.491. The van der Waals surface area contributed by atoms with Crippen LogP contribution in [0.1, 0.15) is 31.0 Å². The van der Waals surface area contributed by atoms with Crippen molar-refractivity contribution in [3.8, 4) is 0 Å². The van der Waals surface area contributed by atoms with Gasteiger partial charge in [-0.25, -0.2) is 0 Å². The first-order valence-electron chi connectivity index (χ1n) is 6.89. The van der Waals surface area contributed by atoms with E-state index in [9.17, 15) is 0 Å². The van der Waals surface area contributed by atoms with Gasteiger partial charge in [-0.05, 0) is 25.8 Å². The average Bonchev–Trinajstić information content (AvgIpc) is 2.76. The Morgan fingerprint density at radius 2 is 2.06 bits per heavy atom. The van der Waals surface area contributed by atoms with E-state index >= 15 is 0 Å². The molecule has 0 spiro atoms. The van der Waals surface area contributed by atoms with Crippen molar-refractivity contribution in [3.63, 3.8) is 0 Å². The molecule has 6 heteroatoms. The number of aromatic nitrogens is 3. The first kappa shape index (κ1) is 11.9. The maximum absolute atomic E-state index is 5.38. The zero-order chi connectivity index (χ0) is 12.2. The summed E-state index contributed by atoms with van der Waals surface area (Å²) in [5.74, 6) is 2.39. The lowest BCUT2D eigenvalue weighted by Gasteiger charge is -2.20. The van der Waals surface area contributed by atoms with Crippen molar-refractivity contribution in [2.75, 3.05) is 44.3 Å². The normalized spacial score (nSPS) is 23.0. The Kier molecular flexibility index (Phi) is 3.75. The lowest BCUT2D eigenvalue weighted by atomic mass is 10.00. The standard InChI is InChI=1S/C12H21N5O/c1-4-13-5-7-17(6-1)12-14-11(15-16-12)10-2-8-18-9-3-10/h10,13H,1-9H2,(H,14,15,16). The van der Waals surface area contributed by atoms with Crippen LogP contribution in [-0.2, 0) is 4.74 Å². The van der Waals surface area contributed by atoms with Crippen molar-refractivity contribution in [2.24, 2.45) is 0 Å². The van der Waals surface area contributed by atoms with Gasteiger partial charge in [-0.2, -0.15) is 4.98 Å². The average molecular weight is 251 g/mol. The van der Waals surface area contributed by atoms with Crippen molar-refractivity contribution in [3.05, 3.63) is 5.82 Å². The second-order valence-electron chi connectivity index (χ2n) is 5.00. The van der Waals surface area contributed by atoms with Crippen molar-refractivity contribution in [1.82, 2.24) is 20.5 Å². The van der Waals surface area contributed by atoms with E-state index in [1.807, 2.05) is 0 Å². The van der Waals surface area contributed by atoms with Gasteiger partial charge in [0.05, 0.1) is 0 Å². The van der Waals surface area contributed by atoms with Crippen LogP contribution in [0, 0.1) is 0 Å². The summed E-state index contributed by atoms with van der Waals surface area (Å²) in [6.07, 6.45) is 3.26. The molecule has 0 aromatic carbocycles. The predicted molar refractivity (Wildman–Crippen MR) is 68.9 cm³/mol. The molecule has 2 aliphatic heterocycles. The van der Waals surface area contributed by atoms with Crippen molar-refractivity contribution in [1.29, 1.82) is 0 Å². The molecular formula is C12H21N5O. The number of rotatable bonds is 2. The molecule has 0 saturated carbocycles. The Morgan fingerprint density at radius 1 is 1.17 bits per heavy atom. The van der Waals surface area contributed by atoms with Crippen LogP contribution in [-0.4, -0.2) is 54.6 Å². The van der Waals surface area contributed by atoms with Gasteiger partial charge in [-0.1, -0.05) is 0 Å². The van der Waals surface area contributed by atoms with Gasteiger partial charge in [0, 0.05) is 38.8 Å². The van der Waals surface area contributed by atoms with E-state index in [1.165, 1.54) is 0 Å². The zero-order valence-electron chi connectivity index (χ0n) is 10.7. The number of nitrogens with zero attached hydrogens (tertiary/aromatic N) is 3. The van der Waals surface area contributed by atoms with E-state index in [4.69, 9.17) is 4.74 Å². The molecular weight excluding hydrogens is 230 g/mol. The highest BCUT2D eigenvalue weighted by Crippen LogP contribution is 2.25. The number of aromatic amines is 1. The summed E-state index contributed by atoms with van der Waals surface area (Å²) in [6.45, 7) is 5.82. The number of nitrogens with one attached hydrogen (secondary N) is 2. The molecule has 2 fully saturated rings. The molecule has 0 amide bonds. The van der Waals surface area contributed by atoms with Crippen molar-refractivity contribution >= 4 is 5.95 Å². The van der Waals surface area contributed by atoms with E-state index in [2.05, 4.69) is 25.4 Å². The third-order valence-electron chi connectivity index (χ3n) is 3.72. The van der Waals surface area contributed by atoms with Gasteiger partial charge in [0.25, 0.3) is 0 Å². The van der Waals surface area contributed by atoms with Gasteiger partial charge in [-0.15, -0.1) is 5.10 Å². The second kappa shape index (κ2) is 5.67. The van der Waals surface area contributed by atoms with Gasteiger partial charge >= 0.3 is 0 Å². The SMILES string of the molecule is C1CNCCN(c2n[nH]c(C3CCOCC3)n2)C1. The Hall–Kier alpha value is -1.14. The van der Waals surface area contributed by atoms with E-state index in [0.29, 0.717) is 5.92 Å². The van der Waals surface area contributed by atoms with Gasteiger partial charge in [0.1, 0.15) is 5.82 Å². The van der Waals surface area contributed by atoms with E-state index in [1.54, 1.807) is 0 Å². The molecule has 3 heterocycles. The summed E-state index contributed by atoms with van der Waals surface area (Å²) in [4.78, 5) is 6.94. The molecule has 1 aromatic rings. The molecule has 2 saturated heterocycles. The Morgan fingerprint density at radius 3 is 2.94 bits per heavy atom. The fourth-order valence-corrected chi connectivity index (χ4v) is 2.61. The molecule has 1 aromatic heterocycles. The minimum absolute atomic E-state index is 0.491. The van der Waals surface area contributed by atoms with Gasteiger partial charge < -0.3 is 15.0 Å². The largest absolute Gasteiger partial charge is 0.381 e. The topological polar surface area (TPSA) is 66.1 Å². The summed E-state index contributed by atoms with van der Waals surface area (Å²) in [7, 11) is 0. The fraction of sp³-hybridized carbons (Fsp3) is 0.833. The van der Waals surface area contributed by atoms with Gasteiger partial charge in [0.15, 0.2) is 0 Å². The quantitative estimate of drug-likeness (QED) is 0.801. The van der Waals surface area contributed by atoms with Crippen LogP contribution in [0.15, 0.2) is 0 Å². The molecule has 0 atom stereocenters. The molecule has 18 heavy (non-hydrogen) atoms. The van der Waals surface area contributed by atoms with Crippen LogP contribution >= 0.6 is 0 Å². The van der Waals surface area contributed by atoms with Crippen LogP contribution in [0.25, 0.3) is 0 Å². The zero-order valence-corrected chi connectivity index (χ0v) is 10.7. The molecule has 2 N–H and O–H groups in total. The Bertz CT molecular complexity index is 366. The number of hydrogen-bond donors (Lipinski definition) is 2. The molecule has 3 rings (SSSR count). The molecule has 0 radical (unpaired) electrons. The van der Waals surface area contributed by atoms with Crippen molar-refractivity contribution in [2.45, 2.75) is 25.2 Å². The third-order valence-corrected chi connectivity index (χ3v) is 3.72. The summed E-state index contributed by atoms with van der Waals surface area (Å²) in [5.41, 5.74) is 0. The number of ether oxygens (including phenoxy) is 1. The summed E-state index contributed by atoms with van der Waals surface area (Å²) >= 11 is 0. The highest BCUT2D eigenvalue weighted by atomic mass is 16.5. The van der Waals surface area contributed by atoms with Crippen LogP contribution in [0.5, 0.6) is 0 Å². The number of hydrogen-bond acceptors (Lipinski definition) is 5. The lowest BCUT2D eigenvalue weighted by Crippen LogP contribution is -2.28. The highest BCUT2D eigenvalue weighted by molar-refractivity contribution is 5.29. The molecule has 100 valence electrons. The fourth-order valence-electron chi connectivity index (χ4n) is 2.61. The smallest absolute Gasteiger partial charge is 0.244 e. The molecule has 0 bridgehead atoms. The highest BCUT2D eigenvalue weighted by Gasteiger charge is 2.21. The van der Waals surface area contributed by atoms with Crippen molar-refractivity contribution < 1.29 is 4.74 Å². The predicted octanol–water partition coefficient (Wildman–Crippen LogP) is 0.498. The maximum atomic E-state index is 5.38. The summed E-state index contributed by atoms with van der Waals surface area (Å²) in [5, 5.41) is 10.9. The molecule has 0 aliphatic carbocycles. The Balaban J connectivity index is 1.67. The molecule has 6 nitrogen and oxygen atoms in total.